The van der Waals surface area contributed by atoms with Crippen molar-refractivity contribution in [2.24, 2.45) is 5.92 Å². The maximum absolute atomic E-state index is 11.7. The van der Waals surface area contributed by atoms with E-state index in [1.165, 1.54) is 0 Å². The third-order valence-electron chi connectivity index (χ3n) is 3.74. The van der Waals surface area contributed by atoms with Crippen LogP contribution in [0.5, 0.6) is 0 Å². The molecule has 0 saturated heterocycles. The first-order valence-electron chi connectivity index (χ1n) is 6.75. The van der Waals surface area contributed by atoms with Crippen LogP contribution in [0.1, 0.15) is 45.4 Å². The van der Waals surface area contributed by atoms with Crippen molar-refractivity contribution in [3.63, 3.8) is 0 Å². The number of aliphatic hydroxyl groups excluding tert-OH is 1. The predicted molar refractivity (Wildman–Crippen MR) is 64.5 cm³/mol. The fraction of sp³-hybridized carbons (Fsp3) is 0.923. The summed E-state index contributed by atoms with van der Waals surface area (Å²) >= 11 is 0. The van der Waals surface area contributed by atoms with Crippen molar-refractivity contribution < 1.29 is 14.6 Å². The second-order valence-corrected chi connectivity index (χ2v) is 5.39. The molecule has 0 bridgehead atoms. The molecule has 1 atom stereocenters. The number of rotatable bonds is 5. The SMILES string of the molecule is CC(OC1CCC(CO)CC1)C(=O)NC1CC1. The second kappa shape index (κ2) is 5.83. The molecule has 2 N–H and O–H groups in total. The zero-order valence-corrected chi connectivity index (χ0v) is 10.5. The van der Waals surface area contributed by atoms with Crippen LogP contribution in [0.3, 0.4) is 0 Å². The summed E-state index contributed by atoms with van der Waals surface area (Å²) in [5.74, 6) is 0.460. The molecule has 0 spiro atoms. The number of aliphatic hydroxyl groups is 1. The van der Waals surface area contributed by atoms with Crippen LogP contribution in [0.25, 0.3) is 0 Å². The molecule has 2 rings (SSSR count). The van der Waals surface area contributed by atoms with Crippen LogP contribution >= 0.6 is 0 Å². The molecule has 0 radical (unpaired) electrons. The number of carbonyl (C=O) groups is 1. The van der Waals surface area contributed by atoms with Crippen LogP contribution in [0, 0.1) is 5.92 Å². The lowest BCUT2D eigenvalue weighted by molar-refractivity contribution is -0.137. The van der Waals surface area contributed by atoms with E-state index >= 15 is 0 Å². The Balaban J connectivity index is 1.67. The number of nitrogens with one attached hydrogen (secondary N) is 1. The minimum atomic E-state index is -0.341. The van der Waals surface area contributed by atoms with Gasteiger partial charge in [-0.05, 0) is 51.4 Å². The standard InChI is InChI=1S/C13H23NO3/c1-9(13(16)14-11-4-5-11)17-12-6-2-10(8-15)3-7-12/h9-12,15H,2-8H2,1H3,(H,14,16). The van der Waals surface area contributed by atoms with E-state index in [1.807, 2.05) is 6.92 Å². The summed E-state index contributed by atoms with van der Waals surface area (Å²) in [4.78, 5) is 11.7. The van der Waals surface area contributed by atoms with E-state index in [9.17, 15) is 4.79 Å². The van der Waals surface area contributed by atoms with E-state index in [0.29, 0.717) is 12.0 Å². The molecule has 4 nitrogen and oxygen atoms in total. The molecule has 4 heteroatoms. The van der Waals surface area contributed by atoms with Crippen molar-refractivity contribution in [2.45, 2.75) is 63.7 Å². The Morgan fingerprint density at radius 1 is 1.29 bits per heavy atom. The molecular formula is C13H23NO3. The van der Waals surface area contributed by atoms with Gasteiger partial charge in [0.05, 0.1) is 6.10 Å². The van der Waals surface area contributed by atoms with E-state index < -0.39 is 0 Å². The van der Waals surface area contributed by atoms with Crippen LogP contribution in [-0.4, -0.2) is 35.9 Å². The number of carbonyl (C=O) groups excluding carboxylic acids is 1. The number of amides is 1. The van der Waals surface area contributed by atoms with Crippen molar-refractivity contribution in [3.8, 4) is 0 Å². The van der Waals surface area contributed by atoms with Gasteiger partial charge in [-0.2, -0.15) is 0 Å². The topological polar surface area (TPSA) is 58.6 Å². The fourth-order valence-corrected chi connectivity index (χ4v) is 2.35. The molecule has 0 aromatic carbocycles. The Hall–Kier alpha value is -0.610. The van der Waals surface area contributed by atoms with Crippen LogP contribution in [0.2, 0.25) is 0 Å². The summed E-state index contributed by atoms with van der Waals surface area (Å²) < 4.78 is 5.78. The van der Waals surface area contributed by atoms with Crippen LogP contribution < -0.4 is 5.32 Å². The number of ether oxygens (including phenoxy) is 1. The van der Waals surface area contributed by atoms with Crippen LogP contribution in [0.15, 0.2) is 0 Å². The monoisotopic (exact) mass is 241 g/mol. The Bertz CT molecular complexity index is 257. The third kappa shape index (κ3) is 3.96. The highest BCUT2D eigenvalue weighted by molar-refractivity contribution is 5.80. The average Bonchev–Trinajstić information content (AvgIpc) is 3.14. The highest BCUT2D eigenvalue weighted by atomic mass is 16.5. The van der Waals surface area contributed by atoms with Gasteiger partial charge in [-0.1, -0.05) is 0 Å². The van der Waals surface area contributed by atoms with E-state index in [0.717, 1.165) is 38.5 Å². The van der Waals surface area contributed by atoms with Gasteiger partial charge in [-0.3, -0.25) is 4.79 Å². The van der Waals surface area contributed by atoms with Crippen molar-refractivity contribution in [3.05, 3.63) is 0 Å². The fourth-order valence-electron chi connectivity index (χ4n) is 2.35. The minimum Gasteiger partial charge on any atom is -0.396 e. The highest BCUT2D eigenvalue weighted by Gasteiger charge is 2.28. The second-order valence-electron chi connectivity index (χ2n) is 5.39. The molecule has 0 aliphatic heterocycles. The van der Waals surface area contributed by atoms with E-state index in [-0.39, 0.29) is 24.7 Å². The number of hydrogen-bond acceptors (Lipinski definition) is 3. The van der Waals surface area contributed by atoms with Gasteiger partial charge in [-0.25, -0.2) is 0 Å². The maximum atomic E-state index is 11.7. The van der Waals surface area contributed by atoms with E-state index in [2.05, 4.69) is 5.32 Å². The summed E-state index contributed by atoms with van der Waals surface area (Å²) in [6.07, 6.45) is 6.03. The summed E-state index contributed by atoms with van der Waals surface area (Å²) in [5, 5.41) is 12.0. The van der Waals surface area contributed by atoms with Gasteiger partial charge in [0.25, 0.3) is 0 Å². The van der Waals surface area contributed by atoms with Gasteiger partial charge >= 0.3 is 0 Å². The largest absolute Gasteiger partial charge is 0.396 e. The molecule has 2 aliphatic rings. The molecular weight excluding hydrogens is 218 g/mol. The Morgan fingerprint density at radius 2 is 1.94 bits per heavy atom. The maximum Gasteiger partial charge on any atom is 0.249 e. The molecule has 98 valence electrons. The van der Waals surface area contributed by atoms with Crippen molar-refractivity contribution in [1.82, 2.24) is 5.32 Å². The molecule has 2 saturated carbocycles. The van der Waals surface area contributed by atoms with Gasteiger partial charge in [0.2, 0.25) is 5.91 Å². The van der Waals surface area contributed by atoms with Gasteiger partial charge in [0.15, 0.2) is 0 Å². The molecule has 2 aliphatic carbocycles. The molecule has 0 aromatic rings. The zero-order chi connectivity index (χ0) is 12.3. The Kier molecular flexibility index (Phi) is 4.40. The minimum absolute atomic E-state index is 0.0248. The van der Waals surface area contributed by atoms with E-state index in [1.54, 1.807) is 0 Å². The first-order chi connectivity index (χ1) is 8.19. The van der Waals surface area contributed by atoms with Gasteiger partial charge < -0.3 is 15.2 Å². The van der Waals surface area contributed by atoms with Gasteiger partial charge in [-0.15, -0.1) is 0 Å². The lowest BCUT2D eigenvalue weighted by Gasteiger charge is -2.29. The first kappa shape index (κ1) is 12.8. The predicted octanol–water partition coefficient (Wildman–Crippen LogP) is 1.22. The van der Waals surface area contributed by atoms with Crippen molar-refractivity contribution in [1.29, 1.82) is 0 Å². The highest BCUT2D eigenvalue weighted by Crippen LogP contribution is 2.26. The molecule has 0 heterocycles. The average molecular weight is 241 g/mol. The summed E-state index contributed by atoms with van der Waals surface area (Å²) in [7, 11) is 0. The summed E-state index contributed by atoms with van der Waals surface area (Å²) in [6, 6.07) is 0.402. The van der Waals surface area contributed by atoms with Crippen LogP contribution in [-0.2, 0) is 9.53 Å². The smallest absolute Gasteiger partial charge is 0.249 e. The van der Waals surface area contributed by atoms with Crippen molar-refractivity contribution >= 4 is 5.91 Å². The molecule has 0 aromatic heterocycles. The van der Waals surface area contributed by atoms with Crippen LogP contribution in [0.4, 0.5) is 0 Å². The lowest BCUT2D eigenvalue weighted by Crippen LogP contribution is -2.38. The van der Waals surface area contributed by atoms with E-state index in [4.69, 9.17) is 9.84 Å². The summed E-state index contributed by atoms with van der Waals surface area (Å²) in [6.45, 7) is 2.11. The first-order valence-corrected chi connectivity index (χ1v) is 6.75. The molecule has 2 fully saturated rings. The molecule has 1 unspecified atom stereocenters. The summed E-state index contributed by atoms with van der Waals surface area (Å²) in [5.41, 5.74) is 0. The molecule has 17 heavy (non-hydrogen) atoms. The lowest BCUT2D eigenvalue weighted by atomic mass is 9.88. The molecule has 1 amide bonds. The zero-order valence-electron chi connectivity index (χ0n) is 10.5. The van der Waals surface area contributed by atoms with Gasteiger partial charge in [0.1, 0.15) is 6.10 Å². The number of hydrogen-bond donors (Lipinski definition) is 2. The third-order valence-corrected chi connectivity index (χ3v) is 3.74. The Morgan fingerprint density at radius 3 is 2.47 bits per heavy atom. The normalized spacial score (nSPS) is 30.9. The van der Waals surface area contributed by atoms with Gasteiger partial charge in [0, 0.05) is 12.6 Å². The Labute approximate surface area is 103 Å². The van der Waals surface area contributed by atoms with Crippen molar-refractivity contribution in [2.75, 3.05) is 6.61 Å². The quantitative estimate of drug-likeness (QED) is 0.761.